The maximum atomic E-state index is 5.67. The van der Waals surface area contributed by atoms with Crippen LogP contribution < -0.4 is 11.3 Å². The van der Waals surface area contributed by atoms with Gasteiger partial charge in [0.1, 0.15) is 0 Å². The molecule has 96 valence electrons. The average Bonchev–Trinajstić information content (AvgIpc) is 2.66. The Morgan fingerprint density at radius 1 is 1.39 bits per heavy atom. The smallest absolute Gasteiger partial charge is 0.0950 e. The Labute approximate surface area is 111 Å². The van der Waals surface area contributed by atoms with E-state index in [2.05, 4.69) is 22.3 Å². The molecule has 0 aliphatic rings. The van der Waals surface area contributed by atoms with Crippen molar-refractivity contribution < 1.29 is 0 Å². The molecule has 0 amide bonds. The van der Waals surface area contributed by atoms with E-state index >= 15 is 0 Å². The highest BCUT2D eigenvalue weighted by molar-refractivity contribution is 7.11. The van der Waals surface area contributed by atoms with Crippen molar-refractivity contribution in [2.45, 2.75) is 33.2 Å². The number of hydrogen-bond acceptors (Lipinski definition) is 5. The van der Waals surface area contributed by atoms with E-state index in [9.17, 15) is 0 Å². The zero-order chi connectivity index (χ0) is 13.1. The largest absolute Gasteiger partial charge is 0.271 e. The normalized spacial score (nSPS) is 12.7. The molecule has 0 spiro atoms. The highest BCUT2D eigenvalue weighted by Gasteiger charge is 2.15. The third-order valence-corrected chi connectivity index (χ3v) is 4.19. The first-order valence-electron chi connectivity index (χ1n) is 5.91. The molecule has 2 aromatic rings. The van der Waals surface area contributed by atoms with Gasteiger partial charge < -0.3 is 0 Å². The molecule has 4 nitrogen and oxygen atoms in total. The summed E-state index contributed by atoms with van der Waals surface area (Å²) in [5.74, 6) is 5.67. The van der Waals surface area contributed by atoms with Gasteiger partial charge in [0.25, 0.3) is 0 Å². The number of hydrogen-bond donors (Lipinski definition) is 2. The molecular formula is C13H18N4S. The molecule has 0 saturated heterocycles. The maximum Gasteiger partial charge on any atom is 0.0950 e. The number of nitrogens with two attached hydrogens (primary N) is 1. The Morgan fingerprint density at radius 2 is 2.17 bits per heavy atom. The van der Waals surface area contributed by atoms with Crippen LogP contribution in [-0.2, 0) is 6.42 Å². The van der Waals surface area contributed by atoms with E-state index in [-0.39, 0.29) is 6.04 Å². The van der Waals surface area contributed by atoms with E-state index in [0.29, 0.717) is 0 Å². The van der Waals surface area contributed by atoms with Crippen molar-refractivity contribution in [2.75, 3.05) is 0 Å². The first-order valence-corrected chi connectivity index (χ1v) is 6.73. The summed E-state index contributed by atoms with van der Waals surface area (Å²) in [4.78, 5) is 9.94. The number of nitrogens with one attached hydrogen (secondary N) is 1. The van der Waals surface area contributed by atoms with Crippen LogP contribution in [0.1, 0.15) is 32.7 Å². The van der Waals surface area contributed by atoms with Gasteiger partial charge >= 0.3 is 0 Å². The summed E-state index contributed by atoms with van der Waals surface area (Å²) in [6, 6.07) is 2.09. The van der Waals surface area contributed by atoms with Crippen molar-refractivity contribution >= 4 is 11.3 Å². The Kier molecular flexibility index (Phi) is 4.06. The molecule has 0 radical (unpaired) electrons. The fourth-order valence-corrected chi connectivity index (χ4v) is 2.91. The third-order valence-electron chi connectivity index (χ3n) is 3.09. The van der Waals surface area contributed by atoms with E-state index in [4.69, 9.17) is 5.84 Å². The van der Waals surface area contributed by atoms with Crippen LogP contribution in [0.25, 0.3) is 0 Å². The minimum atomic E-state index is 0.0814. The molecule has 2 aromatic heterocycles. The van der Waals surface area contributed by atoms with Crippen LogP contribution in [0.5, 0.6) is 0 Å². The lowest BCUT2D eigenvalue weighted by atomic mass is 10.0. The number of thiazole rings is 1. The number of rotatable bonds is 4. The monoisotopic (exact) mass is 262 g/mol. The number of nitrogens with zero attached hydrogens (tertiary/aromatic N) is 2. The van der Waals surface area contributed by atoms with E-state index < -0.39 is 0 Å². The lowest BCUT2D eigenvalue weighted by molar-refractivity contribution is 0.547. The Balaban J connectivity index is 2.22. The molecule has 5 heteroatoms. The van der Waals surface area contributed by atoms with Gasteiger partial charge in [0.15, 0.2) is 0 Å². The van der Waals surface area contributed by atoms with Crippen LogP contribution in [0.15, 0.2) is 18.5 Å². The fourth-order valence-electron chi connectivity index (χ4n) is 1.93. The minimum absolute atomic E-state index is 0.0814. The molecular weight excluding hydrogens is 244 g/mol. The number of pyridine rings is 1. The van der Waals surface area contributed by atoms with Crippen molar-refractivity contribution in [3.63, 3.8) is 0 Å². The number of aromatic nitrogens is 2. The van der Waals surface area contributed by atoms with Crippen LogP contribution in [0.2, 0.25) is 0 Å². The van der Waals surface area contributed by atoms with Crippen LogP contribution in [0, 0.1) is 20.8 Å². The molecule has 2 rings (SSSR count). The second kappa shape index (κ2) is 5.56. The van der Waals surface area contributed by atoms with Gasteiger partial charge in [0.2, 0.25) is 0 Å². The van der Waals surface area contributed by atoms with Crippen molar-refractivity contribution in [3.05, 3.63) is 45.2 Å². The summed E-state index contributed by atoms with van der Waals surface area (Å²) >= 11 is 1.74. The van der Waals surface area contributed by atoms with Gasteiger partial charge in [0, 0.05) is 23.7 Å². The summed E-state index contributed by atoms with van der Waals surface area (Å²) in [5.41, 5.74) is 6.31. The molecule has 18 heavy (non-hydrogen) atoms. The number of aryl methyl sites for hydroxylation is 3. The van der Waals surface area contributed by atoms with Gasteiger partial charge in [0.05, 0.1) is 16.7 Å². The summed E-state index contributed by atoms with van der Waals surface area (Å²) in [6.45, 7) is 6.18. The van der Waals surface area contributed by atoms with Crippen LogP contribution in [-0.4, -0.2) is 9.97 Å². The van der Waals surface area contributed by atoms with Gasteiger partial charge in [-0.1, -0.05) is 0 Å². The van der Waals surface area contributed by atoms with E-state index in [1.54, 1.807) is 17.5 Å². The van der Waals surface area contributed by atoms with E-state index in [0.717, 1.165) is 22.7 Å². The zero-order valence-corrected chi connectivity index (χ0v) is 11.7. The second-order valence-electron chi connectivity index (χ2n) is 4.40. The van der Waals surface area contributed by atoms with E-state index in [1.807, 2.05) is 26.1 Å². The molecule has 1 unspecified atom stereocenters. The number of hydrazine groups is 1. The Bertz CT molecular complexity index is 516. The highest BCUT2D eigenvalue weighted by atomic mass is 32.1. The summed E-state index contributed by atoms with van der Waals surface area (Å²) in [6.07, 6.45) is 4.46. The third kappa shape index (κ3) is 2.75. The maximum absolute atomic E-state index is 5.67. The standard InChI is InChI=1S/C13H18N4S/c1-8-7-15-5-4-11(8)12(17-14)6-13-16-9(2)10(3)18-13/h4-5,7,12,17H,6,14H2,1-3H3. The predicted octanol–water partition coefficient (Wildman–Crippen LogP) is 2.21. The Morgan fingerprint density at radius 3 is 2.72 bits per heavy atom. The summed E-state index contributed by atoms with van der Waals surface area (Å²) in [7, 11) is 0. The lowest BCUT2D eigenvalue weighted by Gasteiger charge is -2.16. The van der Waals surface area contributed by atoms with Crippen LogP contribution in [0.4, 0.5) is 0 Å². The molecule has 2 heterocycles. The topological polar surface area (TPSA) is 63.8 Å². The van der Waals surface area contributed by atoms with Crippen LogP contribution in [0.3, 0.4) is 0 Å². The van der Waals surface area contributed by atoms with Gasteiger partial charge in [-0.2, -0.15) is 0 Å². The zero-order valence-electron chi connectivity index (χ0n) is 10.9. The molecule has 0 aliphatic carbocycles. The predicted molar refractivity (Wildman–Crippen MR) is 74.3 cm³/mol. The van der Waals surface area contributed by atoms with Gasteiger partial charge in [-0.25, -0.2) is 4.98 Å². The second-order valence-corrected chi connectivity index (χ2v) is 5.69. The van der Waals surface area contributed by atoms with Gasteiger partial charge in [-0.3, -0.25) is 16.3 Å². The first kappa shape index (κ1) is 13.1. The molecule has 0 aliphatic heterocycles. The minimum Gasteiger partial charge on any atom is -0.271 e. The molecule has 0 aromatic carbocycles. The SMILES string of the molecule is Cc1cnccc1C(Cc1nc(C)c(C)s1)NN. The van der Waals surface area contributed by atoms with Crippen molar-refractivity contribution in [2.24, 2.45) is 5.84 Å². The van der Waals surface area contributed by atoms with Crippen molar-refractivity contribution in [1.82, 2.24) is 15.4 Å². The van der Waals surface area contributed by atoms with Crippen molar-refractivity contribution in [3.8, 4) is 0 Å². The van der Waals surface area contributed by atoms with Crippen molar-refractivity contribution in [1.29, 1.82) is 0 Å². The summed E-state index contributed by atoms with van der Waals surface area (Å²) < 4.78 is 0. The summed E-state index contributed by atoms with van der Waals surface area (Å²) in [5, 5.41) is 1.11. The molecule has 1 atom stereocenters. The molecule has 0 bridgehead atoms. The molecule has 0 fully saturated rings. The lowest BCUT2D eigenvalue weighted by Crippen LogP contribution is -2.30. The average molecular weight is 262 g/mol. The van der Waals surface area contributed by atoms with Gasteiger partial charge in [-0.15, -0.1) is 11.3 Å². The fraction of sp³-hybridized carbons (Fsp3) is 0.385. The highest BCUT2D eigenvalue weighted by Crippen LogP contribution is 2.24. The molecule has 3 N–H and O–H groups in total. The quantitative estimate of drug-likeness (QED) is 0.655. The van der Waals surface area contributed by atoms with Gasteiger partial charge in [-0.05, 0) is 38.0 Å². The van der Waals surface area contributed by atoms with Crippen LogP contribution >= 0.6 is 11.3 Å². The van der Waals surface area contributed by atoms with E-state index in [1.165, 1.54) is 10.4 Å². The molecule has 0 saturated carbocycles. The first-order chi connectivity index (χ1) is 8.61. The Hall–Kier alpha value is -1.30.